The van der Waals surface area contributed by atoms with Gasteiger partial charge in [-0.3, -0.25) is 9.88 Å². The molecule has 2 heterocycles. The van der Waals surface area contributed by atoms with E-state index in [9.17, 15) is 0 Å². The molecular formula is C14H23N3. The van der Waals surface area contributed by atoms with Crippen molar-refractivity contribution >= 4 is 0 Å². The first-order chi connectivity index (χ1) is 8.18. The van der Waals surface area contributed by atoms with Crippen molar-refractivity contribution in [2.45, 2.75) is 32.2 Å². The van der Waals surface area contributed by atoms with Gasteiger partial charge in [-0.2, -0.15) is 0 Å². The maximum Gasteiger partial charge on any atom is 0.0270 e. The Hall–Kier alpha value is -0.930. The molecule has 3 heteroatoms. The smallest absolute Gasteiger partial charge is 0.0270 e. The SMILES string of the molecule is CC(C)(CCc1ccncc1)N1CCNCC1. The van der Waals surface area contributed by atoms with E-state index in [1.165, 1.54) is 25.1 Å². The number of nitrogens with zero attached hydrogens (tertiary/aromatic N) is 2. The average molecular weight is 233 g/mol. The minimum Gasteiger partial charge on any atom is -0.314 e. The van der Waals surface area contributed by atoms with Gasteiger partial charge in [0, 0.05) is 44.1 Å². The fourth-order valence-corrected chi connectivity index (χ4v) is 2.43. The first-order valence-corrected chi connectivity index (χ1v) is 6.53. The van der Waals surface area contributed by atoms with Gasteiger partial charge in [-0.05, 0) is 44.4 Å². The maximum atomic E-state index is 4.06. The van der Waals surface area contributed by atoms with Crippen LogP contribution >= 0.6 is 0 Å². The molecule has 0 atom stereocenters. The van der Waals surface area contributed by atoms with E-state index in [0.29, 0.717) is 5.54 Å². The fraction of sp³-hybridized carbons (Fsp3) is 0.643. The van der Waals surface area contributed by atoms with Crippen molar-refractivity contribution in [1.29, 1.82) is 0 Å². The van der Waals surface area contributed by atoms with Crippen LogP contribution in [0.1, 0.15) is 25.8 Å². The molecule has 0 aromatic carbocycles. The Morgan fingerprint density at radius 1 is 1.24 bits per heavy atom. The van der Waals surface area contributed by atoms with E-state index in [-0.39, 0.29) is 0 Å². The van der Waals surface area contributed by atoms with Crippen LogP contribution in [0, 0.1) is 0 Å². The van der Waals surface area contributed by atoms with Gasteiger partial charge in [0.25, 0.3) is 0 Å². The summed E-state index contributed by atoms with van der Waals surface area (Å²) in [5.74, 6) is 0. The van der Waals surface area contributed by atoms with Gasteiger partial charge in [0.05, 0.1) is 0 Å². The van der Waals surface area contributed by atoms with Crippen LogP contribution in [0.25, 0.3) is 0 Å². The molecule has 1 aromatic rings. The lowest BCUT2D eigenvalue weighted by Gasteiger charge is -2.41. The van der Waals surface area contributed by atoms with Crippen molar-refractivity contribution in [3.63, 3.8) is 0 Å². The number of piperazine rings is 1. The Bertz CT molecular complexity index is 329. The molecule has 1 fully saturated rings. The molecule has 1 aromatic heterocycles. The Balaban J connectivity index is 1.88. The molecule has 17 heavy (non-hydrogen) atoms. The Morgan fingerprint density at radius 3 is 2.53 bits per heavy atom. The summed E-state index contributed by atoms with van der Waals surface area (Å²) in [6.45, 7) is 9.31. The highest BCUT2D eigenvalue weighted by Gasteiger charge is 2.27. The number of hydrogen-bond acceptors (Lipinski definition) is 3. The van der Waals surface area contributed by atoms with Crippen LogP contribution in [0.3, 0.4) is 0 Å². The lowest BCUT2D eigenvalue weighted by molar-refractivity contribution is 0.0959. The molecular weight excluding hydrogens is 210 g/mol. The number of aryl methyl sites for hydroxylation is 1. The van der Waals surface area contributed by atoms with Crippen molar-refractivity contribution in [1.82, 2.24) is 15.2 Å². The largest absolute Gasteiger partial charge is 0.314 e. The van der Waals surface area contributed by atoms with E-state index in [0.717, 1.165) is 19.5 Å². The van der Waals surface area contributed by atoms with Gasteiger partial charge in [-0.15, -0.1) is 0 Å². The van der Waals surface area contributed by atoms with Gasteiger partial charge in [0.1, 0.15) is 0 Å². The highest BCUT2D eigenvalue weighted by molar-refractivity contribution is 5.10. The predicted molar refractivity (Wildman–Crippen MR) is 71.1 cm³/mol. The van der Waals surface area contributed by atoms with Crippen LogP contribution in [-0.2, 0) is 6.42 Å². The molecule has 1 aliphatic rings. The van der Waals surface area contributed by atoms with Crippen molar-refractivity contribution in [3.05, 3.63) is 30.1 Å². The van der Waals surface area contributed by atoms with E-state index in [1.54, 1.807) is 0 Å². The molecule has 0 amide bonds. The summed E-state index contributed by atoms with van der Waals surface area (Å²) in [7, 11) is 0. The molecule has 0 aliphatic carbocycles. The summed E-state index contributed by atoms with van der Waals surface area (Å²) in [4.78, 5) is 6.66. The van der Waals surface area contributed by atoms with Crippen molar-refractivity contribution < 1.29 is 0 Å². The number of nitrogens with one attached hydrogen (secondary N) is 1. The molecule has 0 unspecified atom stereocenters. The molecule has 1 N–H and O–H groups in total. The van der Waals surface area contributed by atoms with Gasteiger partial charge in [0.2, 0.25) is 0 Å². The third-order valence-electron chi connectivity index (χ3n) is 3.75. The van der Waals surface area contributed by atoms with Crippen LogP contribution in [0.15, 0.2) is 24.5 Å². The molecule has 1 aliphatic heterocycles. The zero-order chi connectivity index (χ0) is 12.1. The normalized spacial score (nSPS) is 18.2. The zero-order valence-electron chi connectivity index (χ0n) is 10.9. The Labute approximate surface area is 104 Å². The summed E-state index contributed by atoms with van der Waals surface area (Å²) < 4.78 is 0. The van der Waals surface area contributed by atoms with E-state index in [4.69, 9.17) is 0 Å². The van der Waals surface area contributed by atoms with Crippen molar-refractivity contribution in [3.8, 4) is 0 Å². The molecule has 0 spiro atoms. The van der Waals surface area contributed by atoms with E-state index in [2.05, 4.69) is 41.2 Å². The minimum absolute atomic E-state index is 0.297. The average Bonchev–Trinajstić information content (AvgIpc) is 2.39. The van der Waals surface area contributed by atoms with Gasteiger partial charge >= 0.3 is 0 Å². The van der Waals surface area contributed by atoms with E-state index >= 15 is 0 Å². The number of aromatic nitrogens is 1. The van der Waals surface area contributed by atoms with Crippen molar-refractivity contribution in [2.24, 2.45) is 0 Å². The van der Waals surface area contributed by atoms with Crippen LogP contribution in [0.5, 0.6) is 0 Å². The second-order valence-corrected chi connectivity index (χ2v) is 5.40. The third-order valence-corrected chi connectivity index (χ3v) is 3.75. The third kappa shape index (κ3) is 3.51. The number of rotatable bonds is 4. The maximum absolute atomic E-state index is 4.06. The Kier molecular flexibility index (Phi) is 4.13. The second-order valence-electron chi connectivity index (χ2n) is 5.40. The predicted octanol–water partition coefficient (Wildman–Crippen LogP) is 1.70. The highest BCUT2D eigenvalue weighted by atomic mass is 15.2. The molecule has 3 nitrogen and oxygen atoms in total. The van der Waals surface area contributed by atoms with Crippen LogP contribution < -0.4 is 5.32 Å². The van der Waals surface area contributed by atoms with E-state index in [1.807, 2.05) is 12.4 Å². The molecule has 94 valence electrons. The zero-order valence-corrected chi connectivity index (χ0v) is 10.9. The number of hydrogen-bond donors (Lipinski definition) is 1. The quantitative estimate of drug-likeness (QED) is 0.858. The molecule has 2 rings (SSSR count). The summed E-state index contributed by atoms with van der Waals surface area (Å²) in [5, 5.41) is 3.41. The summed E-state index contributed by atoms with van der Waals surface area (Å²) in [6, 6.07) is 4.24. The van der Waals surface area contributed by atoms with Gasteiger partial charge < -0.3 is 5.32 Å². The summed E-state index contributed by atoms with van der Waals surface area (Å²) in [6.07, 6.45) is 6.11. The lowest BCUT2D eigenvalue weighted by Crippen LogP contribution is -2.53. The molecule has 1 saturated heterocycles. The first kappa shape index (κ1) is 12.5. The standard InChI is InChI=1S/C14H23N3/c1-14(2,17-11-9-16-10-12-17)6-3-13-4-7-15-8-5-13/h4-5,7-8,16H,3,6,9-12H2,1-2H3. The topological polar surface area (TPSA) is 28.2 Å². The number of pyridine rings is 1. The fourth-order valence-electron chi connectivity index (χ4n) is 2.43. The van der Waals surface area contributed by atoms with E-state index < -0.39 is 0 Å². The van der Waals surface area contributed by atoms with Crippen LogP contribution in [0.4, 0.5) is 0 Å². The summed E-state index contributed by atoms with van der Waals surface area (Å²) in [5.41, 5.74) is 1.69. The lowest BCUT2D eigenvalue weighted by atomic mass is 9.93. The van der Waals surface area contributed by atoms with Crippen LogP contribution in [0.2, 0.25) is 0 Å². The highest BCUT2D eigenvalue weighted by Crippen LogP contribution is 2.21. The monoisotopic (exact) mass is 233 g/mol. The van der Waals surface area contributed by atoms with Gasteiger partial charge in [0.15, 0.2) is 0 Å². The Morgan fingerprint density at radius 2 is 1.88 bits per heavy atom. The summed E-state index contributed by atoms with van der Waals surface area (Å²) >= 11 is 0. The van der Waals surface area contributed by atoms with Crippen LogP contribution in [-0.4, -0.2) is 41.6 Å². The first-order valence-electron chi connectivity index (χ1n) is 6.53. The molecule has 0 saturated carbocycles. The van der Waals surface area contributed by atoms with Gasteiger partial charge in [-0.1, -0.05) is 0 Å². The molecule has 0 radical (unpaired) electrons. The minimum atomic E-state index is 0.297. The second kappa shape index (κ2) is 5.61. The van der Waals surface area contributed by atoms with Crippen molar-refractivity contribution in [2.75, 3.05) is 26.2 Å². The van der Waals surface area contributed by atoms with Gasteiger partial charge in [-0.25, -0.2) is 0 Å². The molecule has 0 bridgehead atoms.